The van der Waals surface area contributed by atoms with Crippen LogP contribution in [-0.2, 0) is 6.42 Å². The predicted molar refractivity (Wildman–Crippen MR) is 109 cm³/mol. The molecule has 0 saturated heterocycles. The van der Waals surface area contributed by atoms with Crippen molar-refractivity contribution in [2.45, 2.75) is 39.0 Å². The van der Waals surface area contributed by atoms with Crippen LogP contribution in [0.3, 0.4) is 0 Å². The van der Waals surface area contributed by atoms with Crippen molar-refractivity contribution in [1.29, 1.82) is 0 Å². The van der Waals surface area contributed by atoms with Crippen molar-refractivity contribution in [3.8, 4) is 19.5 Å². The molecule has 23 heavy (non-hydrogen) atoms. The van der Waals surface area contributed by atoms with Gasteiger partial charge in [0.05, 0.1) is 0 Å². The molecule has 3 aromatic rings. The van der Waals surface area contributed by atoms with Crippen molar-refractivity contribution in [3.63, 3.8) is 0 Å². The van der Waals surface area contributed by atoms with Crippen LogP contribution in [-0.4, -0.2) is 0 Å². The molecule has 3 aromatic heterocycles. The van der Waals surface area contributed by atoms with Crippen molar-refractivity contribution >= 4 is 40.1 Å². The maximum Gasteiger partial charge on any atom is 0.0449 e. The molecule has 0 N–H and O–H groups in total. The highest BCUT2D eigenvalue weighted by atomic mass is 32.1. The van der Waals surface area contributed by atoms with E-state index in [1.54, 1.807) is 0 Å². The minimum absolute atomic E-state index is 1.23. The molecule has 0 amide bonds. The summed E-state index contributed by atoms with van der Waals surface area (Å²) in [5.41, 5.74) is 0. The fourth-order valence-corrected chi connectivity index (χ4v) is 5.66. The number of hydrogen-bond donors (Lipinski definition) is 0. The van der Waals surface area contributed by atoms with Crippen LogP contribution in [0.1, 0.15) is 42.4 Å². The van der Waals surface area contributed by atoms with Crippen molar-refractivity contribution < 1.29 is 0 Å². The Labute approximate surface area is 151 Å². The van der Waals surface area contributed by atoms with Gasteiger partial charge in [0.1, 0.15) is 0 Å². The maximum atomic E-state index is 3.84. The summed E-state index contributed by atoms with van der Waals surface area (Å²) >= 11 is 5.67. The zero-order valence-electron chi connectivity index (χ0n) is 13.5. The monoisotopic (exact) mass is 358 g/mol. The third-order valence-electron chi connectivity index (χ3n) is 3.86. The third-order valence-corrected chi connectivity index (χ3v) is 7.56. The highest BCUT2D eigenvalue weighted by Gasteiger charge is 2.09. The Morgan fingerprint density at radius 2 is 1.43 bits per heavy atom. The Kier molecular flexibility index (Phi) is 5.87. The van der Waals surface area contributed by atoms with Gasteiger partial charge in [-0.2, -0.15) is 0 Å². The Balaban J connectivity index is 1.68. The van der Waals surface area contributed by atoms with Crippen molar-refractivity contribution in [3.05, 3.63) is 52.7 Å². The number of hydrogen-bond acceptors (Lipinski definition) is 3. The highest BCUT2D eigenvalue weighted by molar-refractivity contribution is 7.26. The van der Waals surface area contributed by atoms with Gasteiger partial charge in [0, 0.05) is 29.3 Å². The second-order valence-corrected chi connectivity index (χ2v) is 9.01. The molecule has 0 nitrogen and oxygen atoms in total. The van der Waals surface area contributed by atoms with E-state index in [4.69, 9.17) is 0 Å². The summed E-state index contributed by atoms with van der Waals surface area (Å²) in [6.45, 7) is 6.11. The van der Waals surface area contributed by atoms with Crippen LogP contribution in [0.15, 0.2) is 43.0 Å². The molecule has 0 saturated carbocycles. The zero-order valence-corrected chi connectivity index (χ0v) is 16.0. The topological polar surface area (TPSA) is 0 Å². The van der Waals surface area contributed by atoms with Gasteiger partial charge in [-0.05, 0) is 49.2 Å². The van der Waals surface area contributed by atoms with Crippen molar-refractivity contribution in [2.75, 3.05) is 0 Å². The van der Waals surface area contributed by atoms with Crippen LogP contribution in [0, 0.1) is 0 Å². The van der Waals surface area contributed by atoms with Gasteiger partial charge in [0.15, 0.2) is 0 Å². The Bertz CT molecular complexity index is 757. The van der Waals surface area contributed by atoms with E-state index < -0.39 is 0 Å². The van der Waals surface area contributed by atoms with Crippen LogP contribution in [0.2, 0.25) is 0 Å². The summed E-state index contributed by atoms with van der Waals surface area (Å²) in [5.74, 6) is 0. The molecule has 3 heterocycles. The number of aryl methyl sites for hydroxylation is 1. The molecule has 0 aliphatic carbocycles. The Morgan fingerprint density at radius 1 is 0.783 bits per heavy atom. The van der Waals surface area contributed by atoms with Crippen LogP contribution < -0.4 is 0 Å². The summed E-state index contributed by atoms with van der Waals surface area (Å²) in [5, 5.41) is 0. The van der Waals surface area contributed by atoms with E-state index in [9.17, 15) is 0 Å². The summed E-state index contributed by atoms with van der Waals surface area (Å²) in [7, 11) is 0. The average Bonchev–Trinajstić information content (AvgIpc) is 3.30. The number of rotatable bonds is 8. The number of thiophene rings is 3. The third kappa shape index (κ3) is 4.23. The van der Waals surface area contributed by atoms with Gasteiger partial charge in [-0.1, -0.05) is 38.8 Å². The van der Waals surface area contributed by atoms with Gasteiger partial charge in [-0.15, -0.1) is 34.0 Å². The first-order valence-corrected chi connectivity index (χ1v) is 10.7. The molecule has 3 heteroatoms. The molecule has 0 radical (unpaired) electrons. The Hall–Kier alpha value is -1.16. The molecule has 0 bridgehead atoms. The van der Waals surface area contributed by atoms with Crippen LogP contribution >= 0.6 is 34.0 Å². The van der Waals surface area contributed by atoms with E-state index in [0.29, 0.717) is 0 Å². The zero-order chi connectivity index (χ0) is 16.1. The summed E-state index contributed by atoms with van der Waals surface area (Å²) in [6.07, 6.45) is 8.51. The molecular weight excluding hydrogens is 336 g/mol. The van der Waals surface area contributed by atoms with E-state index >= 15 is 0 Å². The fourth-order valence-electron chi connectivity index (χ4n) is 2.57. The standard InChI is InChI=1S/C20H22S3/c1-3-5-6-7-8-16-10-12-18(22-16)20-14-13-19(23-20)17-11-9-15(4-2)21-17/h4,9-14H,2-3,5-8H2,1H3. The lowest BCUT2D eigenvalue weighted by molar-refractivity contribution is 0.670. The molecule has 0 fully saturated rings. The van der Waals surface area contributed by atoms with Crippen LogP contribution in [0.25, 0.3) is 25.6 Å². The molecule has 3 rings (SSSR count). The summed E-state index contributed by atoms with van der Waals surface area (Å²) in [6, 6.07) is 13.5. The molecule has 0 aliphatic heterocycles. The summed E-state index contributed by atoms with van der Waals surface area (Å²) in [4.78, 5) is 8.26. The van der Waals surface area contributed by atoms with Gasteiger partial charge in [-0.25, -0.2) is 0 Å². The largest absolute Gasteiger partial charge is 0.139 e. The lowest BCUT2D eigenvalue weighted by Crippen LogP contribution is -1.80. The minimum Gasteiger partial charge on any atom is -0.139 e. The SMILES string of the molecule is C=Cc1ccc(-c2ccc(-c3ccc(CCCCCC)s3)s2)s1. The first kappa shape index (κ1) is 16.7. The quantitative estimate of drug-likeness (QED) is 0.358. The van der Waals surface area contributed by atoms with Gasteiger partial charge < -0.3 is 0 Å². The van der Waals surface area contributed by atoms with Crippen molar-refractivity contribution in [1.82, 2.24) is 0 Å². The maximum absolute atomic E-state index is 3.84. The van der Waals surface area contributed by atoms with Crippen molar-refractivity contribution in [2.24, 2.45) is 0 Å². The molecule has 0 spiro atoms. The molecule has 0 unspecified atom stereocenters. The molecule has 0 atom stereocenters. The molecule has 120 valence electrons. The van der Waals surface area contributed by atoms with E-state index in [2.05, 4.69) is 49.9 Å². The van der Waals surface area contributed by atoms with Crippen LogP contribution in [0.5, 0.6) is 0 Å². The fraction of sp³-hybridized carbons (Fsp3) is 0.300. The van der Waals surface area contributed by atoms with Gasteiger partial charge in [0.2, 0.25) is 0 Å². The second-order valence-electron chi connectivity index (χ2n) is 5.65. The van der Waals surface area contributed by atoms with Gasteiger partial charge in [0.25, 0.3) is 0 Å². The lowest BCUT2D eigenvalue weighted by Gasteiger charge is -1.96. The molecule has 0 aromatic carbocycles. The van der Waals surface area contributed by atoms with Crippen LogP contribution in [0.4, 0.5) is 0 Å². The first-order valence-electron chi connectivity index (χ1n) is 8.21. The molecular formula is C20H22S3. The normalized spacial score (nSPS) is 11.0. The average molecular weight is 359 g/mol. The second kappa shape index (κ2) is 8.09. The predicted octanol–water partition coefficient (Wildman–Crippen LogP) is 7.97. The smallest absolute Gasteiger partial charge is 0.0449 e. The van der Waals surface area contributed by atoms with E-state index in [1.807, 2.05) is 40.1 Å². The highest BCUT2D eigenvalue weighted by Crippen LogP contribution is 2.40. The van der Waals surface area contributed by atoms with Gasteiger partial charge >= 0.3 is 0 Å². The van der Waals surface area contributed by atoms with E-state index in [-0.39, 0.29) is 0 Å². The lowest BCUT2D eigenvalue weighted by atomic mass is 10.1. The van der Waals surface area contributed by atoms with E-state index in [0.717, 1.165) is 0 Å². The Morgan fingerprint density at radius 3 is 2.13 bits per heavy atom. The minimum atomic E-state index is 1.23. The number of unbranched alkanes of at least 4 members (excludes halogenated alkanes) is 3. The van der Waals surface area contributed by atoms with Gasteiger partial charge in [-0.3, -0.25) is 0 Å². The van der Waals surface area contributed by atoms with E-state index in [1.165, 1.54) is 61.4 Å². The summed E-state index contributed by atoms with van der Waals surface area (Å²) < 4.78 is 0. The first-order chi connectivity index (χ1) is 11.3. The molecule has 0 aliphatic rings.